The van der Waals surface area contributed by atoms with E-state index in [1.165, 1.54) is 7.11 Å². The zero-order valence-electron chi connectivity index (χ0n) is 10.9. The van der Waals surface area contributed by atoms with Gasteiger partial charge in [0.2, 0.25) is 5.79 Å². The van der Waals surface area contributed by atoms with Crippen LogP contribution in [0, 0.1) is 0 Å². The molecule has 1 N–H and O–H groups in total. The maximum atomic E-state index is 12.2. The Morgan fingerprint density at radius 2 is 2.12 bits per heavy atom. The molecule has 0 radical (unpaired) electrons. The second-order valence-electron chi connectivity index (χ2n) is 5.00. The normalized spacial score (nSPS) is 33.1. The van der Waals surface area contributed by atoms with Gasteiger partial charge in [-0.2, -0.15) is 0 Å². The van der Waals surface area contributed by atoms with Crippen molar-refractivity contribution in [2.45, 2.75) is 38.1 Å². The fraction of sp³-hybridized carbons (Fsp3) is 0.917. The van der Waals surface area contributed by atoms with Gasteiger partial charge in [0.25, 0.3) is 5.91 Å². The van der Waals surface area contributed by atoms with Gasteiger partial charge in [0.15, 0.2) is 0 Å². The minimum Gasteiger partial charge on any atom is -0.346 e. The first kappa shape index (κ1) is 12.8. The first-order chi connectivity index (χ1) is 8.05. The summed E-state index contributed by atoms with van der Waals surface area (Å²) in [4.78, 5) is 14.0. The van der Waals surface area contributed by atoms with Crippen LogP contribution in [-0.4, -0.2) is 55.5 Å². The third kappa shape index (κ3) is 2.19. The lowest BCUT2D eigenvalue weighted by molar-refractivity contribution is -0.290. The summed E-state index contributed by atoms with van der Waals surface area (Å²) in [6.45, 7) is 6.98. The van der Waals surface area contributed by atoms with Crippen LogP contribution in [0.3, 0.4) is 0 Å². The number of rotatable bonds is 2. The quantitative estimate of drug-likeness (QED) is 0.759. The number of nitrogens with one attached hydrogen (secondary N) is 1. The standard InChI is InChI=1S/C12H22N2O3/c1-4-14-9-12(5-7-13-8-6-12)17-11(2,16-3)10(14)15/h13H,4-9H2,1-3H3. The van der Waals surface area contributed by atoms with Crippen molar-refractivity contribution in [1.29, 1.82) is 0 Å². The molecule has 0 bridgehead atoms. The van der Waals surface area contributed by atoms with Gasteiger partial charge in [-0.15, -0.1) is 0 Å². The van der Waals surface area contributed by atoms with Gasteiger partial charge in [-0.1, -0.05) is 0 Å². The van der Waals surface area contributed by atoms with Crippen LogP contribution in [0.25, 0.3) is 0 Å². The third-order valence-electron chi connectivity index (χ3n) is 3.85. The van der Waals surface area contributed by atoms with Crippen molar-refractivity contribution >= 4 is 5.91 Å². The molecule has 0 aromatic rings. The minimum absolute atomic E-state index is 0.0633. The molecule has 2 aliphatic heterocycles. The number of ether oxygens (including phenoxy) is 2. The average Bonchev–Trinajstić information content (AvgIpc) is 2.35. The van der Waals surface area contributed by atoms with Crippen LogP contribution in [0.1, 0.15) is 26.7 Å². The Morgan fingerprint density at radius 1 is 1.47 bits per heavy atom. The fourth-order valence-corrected chi connectivity index (χ4v) is 2.72. The Hall–Kier alpha value is -0.650. The highest BCUT2D eigenvalue weighted by Gasteiger charge is 2.52. The van der Waals surface area contributed by atoms with Crippen LogP contribution in [0.5, 0.6) is 0 Å². The van der Waals surface area contributed by atoms with Gasteiger partial charge in [0.1, 0.15) is 0 Å². The van der Waals surface area contributed by atoms with Gasteiger partial charge in [-0.25, -0.2) is 0 Å². The average molecular weight is 242 g/mol. The van der Waals surface area contributed by atoms with Crippen molar-refractivity contribution in [2.24, 2.45) is 0 Å². The molecule has 0 saturated carbocycles. The summed E-state index contributed by atoms with van der Waals surface area (Å²) in [6, 6.07) is 0. The zero-order chi connectivity index (χ0) is 12.5. The highest BCUT2D eigenvalue weighted by molar-refractivity contribution is 5.84. The van der Waals surface area contributed by atoms with Gasteiger partial charge in [0, 0.05) is 13.7 Å². The Labute approximate surface area is 102 Å². The molecule has 2 rings (SSSR count). The molecule has 0 aromatic heterocycles. The lowest BCUT2D eigenvalue weighted by Crippen LogP contribution is -2.66. The molecule has 2 aliphatic rings. The second kappa shape index (κ2) is 4.55. The number of hydrogen-bond acceptors (Lipinski definition) is 4. The van der Waals surface area contributed by atoms with Crippen LogP contribution < -0.4 is 5.32 Å². The highest BCUT2D eigenvalue weighted by atomic mass is 16.7. The number of carbonyl (C=O) groups is 1. The Balaban J connectivity index is 2.23. The monoisotopic (exact) mass is 242 g/mol. The minimum atomic E-state index is -1.12. The number of likely N-dealkylation sites (N-methyl/N-ethyl adjacent to an activating group) is 1. The topological polar surface area (TPSA) is 50.8 Å². The lowest BCUT2D eigenvalue weighted by atomic mass is 9.89. The van der Waals surface area contributed by atoms with Crippen LogP contribution in [0.15, 0.2) is 0 Å². The first-order valence-corrected chi connectivity index (χ1v) is 6.31. The van der Waals surface area contributed by atoms with Crippen molar-refractivity contribution in [3.8, 4) is 0 Å². The summed E-state index contributed by atoms with van der Waals surface area (Å²) in [5, 5.41) is 3.32. The predicted octanol–water partition coefficient (Wildman–Crippen LogP) is 0.350. The van der Waals surface area contributed by atoms with Gasteiger partial charge >= 0.3 is 0 Å². The van der Waals surface area contributed by atoms with Crippen LogP contribution >= 0.6 is 0 Å². The van der Waals surface area contributed by atoms with Crippen molar-refractivity contribution in [1.82, 2.24) is 10.2 Å². The molecular weight excluding hydrogens is 220 g/mol. The Morgan fingerprint density at radius 3 is 2.65 bits per heavy atom. The molecule has 2 heterocycles. The molecule has 0 aliphatic carbocycles. The van der Waals surface area contributed by atoms with E-state index in [9.17, 15) is 4.79 Å². The summed E-state index contributed by atoms with van der Waals surface area (Å²) in [5.74, 6) is -1.18. The van der Waals surface area contributed by atoms with E-state index in [-0.39, 0.29) is 11.5 Å². The van der Waals surface area contributed by atoms with E-state index >= 15 is 0 Å². The third-order valence-corrected chi connectivity index (χ3v) is 3.85. The fourth-order valence-electron chi connectivity index (χ4n) is 2.72. The molecule has 1 amide bonds. The zero-order valence-corrected chi connectivity index (χ0v) is 10.9. The SMILES string of the molecule is CCN1CC2(CCNCC2)OC(C)(OC)C1=O. The van der Waals surface area contributed by atoms with E-state index in [0.717, 1.165) is 25.9 Å². The van der Waals surface area contributed by atoms with Crippen LogP contribution in [0.4, 0.5) is 0 Å². The maximum absolute atomic E-state index is 12.2. The van der Waals surface area contributed by atoms with E-state index in [1.54, 1.807) is 6.92 Å². The molecule has 1 unspecified atom stereocenters. The van der Waals surface area contributed by atoms with Crippen LogP contribution in [-0.2, 0) is 14.3 Å². The molecule has 98 valence electrons. The molecule has 5 heteroatoms. The van der Waals surface area contributed by atoms with Crippen molar-refractivity contribution < 1.29 is 14.3 Å². The number of methoxy groups -OCH3 is 1. The highest BCUT2D eigenvalue weighted by Crippen LogP contribution is 2.35. The number of morpholine rings is 1. The number of hydrogen-bond donors (Lipinski definition) is 1. The van der Waals surface area contributed by atoms with E-state index in [2.05, 4.69) is 5.32 Å². The van der Waals surface area contributed by atoms with Gasteiger partial charge in [0.05, 0.1) is 12.1 Å². The number of piperidine rings is 1. The molecular formula is C12H22N2O3. The summed E-state index contributed by atoms with van der Waals surface area (Å²) < 4.78 is 11.4. The van der Waals surface area contributed by atoms with Gasteiger partial charge < -0.3 is 19.7 Å². The summed E-state index contributed by atoms with van der Waals surface area (Å²) in [7, 11) is 1.53. The summed E-state index contributed by atoms with van der Waals surface area (Å²) in [5.41, 5.74) is -0.236. The largest absolute Gasteiger partial charge is 0.346 e. The van der Waals surface area contributed by atoms with E-state index in [0.29, 0.717) is 13.1 Å². The molecule has 1 spiro atoms. The molecule has 2 saturated heterocycles. The van der Waals surface area contributed by atoms with Gasteiger partial charge in [-0.05, 0) is 39.8 Å². The smallest absolute Gasteiger partial charge is 0.282 e. The number of nitrogens with zero attached hydrogens (tertiary/aromatic N) is 1. The van der Waals surface area contributed by atoms with Crippen molar-refractivity contribution in [2.75, 3.05) is 33.3 Å². The van der Waals surface area contributed by atoms with Crippen molar-refractivity contribution in [3.05, 3.63) is 0 Å². The first-order valence-electron chi connectivity index (χ1n) is 6.31. The number of carbonyl (C=O) groups excluding carboxylic acids is 1. The Bertz CT molecular complexity index is 302. The number of amides is 1. The lowest BCUT2D eigenvalue weighted by Gasteiger charge is -2.50. The molecule has 2 fully saturated rings. The Kier molecular flexibility index (Phi) is 3.43. The second-order valence-corrected chi connectivity index (χ2v) is 5.00. The molecule has 1 atom stereocenters. The van der Waals surface area contributed by atoms with Crippen molar-refractivity contribution in [3.63, 3.8) is 0 Å². The molecule has 0 aromatic carbocycles. The van der Waals surface area contributed by atoms with Gasteiger partial charge in [-0.3, -0.25) is 4.79 Å². The maximum Gasteiger partial charge on any atom is 0.282 e. The van der Waals surface area contributed by atoms with E-state index < -0.39 is 5.79 Å². The summed E-state index contributed by atoms with van der Waals surface area (Å²) in [6.07, 6.45) is 1.85. The van der Waals surface area contributed by atoms with Crippen LogP contribution in [0.2, 0.25) is 0 Å². The van der Waals surface area contributed by atoms with E-state index in [4.69, 9.17) is 9.47 Å². The van der Waals surface area contributed by atoms with E-state index in [1.807, 2.05) is 11.8 Å². The molecule has 17 heavy (non-hydrogen) atoms. The summed E-state index contributed by atoms with van der Waals surface area (Å²) >= 11 is 0. The predicted molar refractivity (Wildman–Crippen MR) is 63.6 cm³/mol. The molecule has 5 nitrogen and oxygen atoms in total.